The Hall–Kier alpha value is -1.02. The van der Waals surface area contributed by atoms with Gasteiger partial charge in [-0.2, -0.15) is 0 Å². The van der Waals surface area contributed by atoms with Crippen molar-refractivity contribution in [3.8, 4) is 0 Å². The van der Waals surface area contributed by atoms with E-state index in [2.05, 4.69) is 13.0 Å². The molecule has 70 valence electrons. The lowest BCUT2D eigenvalue weighted by Crippen LogP contribution is -2.08. The van der Waals surface area contributed by atoms with Crippen molar-refractivity contribution in [3.63, 3.8) is 0 Å². The summed E-state index contributed by atoms with van der Waals surface area (Å²) in [4.78, 5) is 0. The summed E-state index contributed by atoms with van der Waals surface area (Å²) in [6.07, 6.45) is 3.23. The van der Waals surface area contributed by atoms with E-state index in [0.29, 0.717) is 0 Å². The number of hydrogen-bond donors (Lipinski definition) is 2. The highest BCUT2D eigenvalue weighted by molar-refractivity contribution is 5.57. The topological polar surface area (TPSA) is 52.0 Å². The van der Waals surface area contributed by atoms with Crippen LogP contribution in [0.25, 0.3) is 0 Å². The molecule has 1 atom stereocenters. The van der Waals surface area contributed by atoms with E-state index in [-0.39, 0.29) is 6.04 Å². The van der Waals surface area contributed by atoms with Crippen molar-refractivity contribution < 1.29 is 0 Å². The first-order chi connectivity index (χ1) is 6.24. The van der Waals surface area contributed by atoms with Crippen molar-refractivity contribution in [2.75, 3.05) is 5.73 Å². The van der Waals surface area contributed by atoms with Crippen LogP contribution in [0.15, 0.2) is 12.1 Å². The van der Waals surface area contributed by atoms with Gasteiger partial charge in [0.25, 0.3) is 0 Å². The number of nitrogen functional groups attached to an aromatic ring is 1. The van der Waals surface area contributed by atoms with Gasteiger partial charge >= 0.3 is 0 Å². The molecule has 0 amide bonds. The smallest absolute Gasteiger partial charge is 0.0365 e. The van der Waals surface area contributed by atoms with Gasteiger partial charge in [-0.15, -0.1) is 0 Å². The van der Waals surface area contributed by atoms with E-state index in [0.717, 1.165) is 24.9 Å². The van der Waals surface area contributed by atoms with E-state index >= 15 is 0 Å². The molecule has 4 N–H and O–H groups in total. The van der Waals surface area contributed by atoms with Gasteiger partial charge in [0.2, 0.25) is 0 Å². The minimum absolute atomic E-state index is 0.168. The molecule has 1 aliphatic carbocycles. The number of aryl methyl sites for hydroxylation is 1. The molecule has 0 unspecified atom stereocenters. The first-order valence-electron chi connectivity index (χ1n) is 4.89. The maximum absolute atomic E-state index is 5.99. The number of benzene rings is 1. The molecular weight excluding hydrogens is 160 g/mol. The summed E-state index contributed by atoms with van der Waals surface area (Å²) < 4.78 is 0. The molecule has 0 spiro atoms. The molecule has 13 heavy (non-hydrogen) atoms. The molecule has 2 rings (SSSR count). The Kier molecular flexibility index (Phi) is 2.00. The lowest BCUT2D eigenvalue weighted by Gasteiger charge is -2.11. The van der Waals surface area contributed by atoms with Crippen molar-refractivity contribution in [3.05, 3.63) is 28.8 Å². The van der Waals surface area contributed by atoms with Gasteiger partial charge in [0.15, 0.2) is 0 Å². The summed E-state index contributed by atoms with van der Waals surface area (Å²) in [6, 6.07) is 4.29. The van der Waals surface area contributed by atoms with Crippen LogP contribution >= 0.6 is 0 Å². The molecule has 0 saturated heterocycles. The van der Waals surface area contributed by atoms with Crippen LogP contribution in [-0.2, 0) is 12.8 Å². The molecule has 0 heterocycles. The van der Waals surface area contributed by atoms with Crippen LogP contribution < -0.4 is 11.5 Å². The summed E-state index contributed by atoms with van der Waals surface area (Å²) in [6.45, 7) is 2.18. The SMILES string of the molecule is CCc1ccc(N)c2c1CC[C@H]2N. The molecule has 0 bridgehead atoms. The Morgan fingerprint density at radius 1 is 1.46 bits per heavy atom. The Morgan fingerprint density at radius 3 is 2.92 bits per heavy atom. The predicted octanol–water partition coefficient (Wildman–Crippen LogP) is 1.78. The van der Waals surface area contributed by atoms with Gasteiger partial charge in [-0.3, -0.25) is 0 Å². The summed E-state index contributed by atoms with van der Waals surface area (Å²) in [5.74, 6) is 0. The largest absolute Gasteiger partial charge is 0.398 e. The number of nitrogens with two attached hydrogens (primary N) is 2. The normalized spacial score (nSPS) is 20.3. The molecule has 2 nitrogen and oxygen atoms in total. The number of hydrogen-bond acceptors (Lipinski definition) is 2. The summed E-state index contributed by atoms with van der Waals surface area (Å²) >= 11 is 0. The van der Waals surface area contributed by atoms with Crippen molar-refractivity contribution in [2.45, 2.75) is 32.2 Å². The zero-order valence-electron chi connectivity index (χ0n) is 8.01. The van der Waals surface area contributed by atoms with Gasteiger partial charge in [0.05, 0.1) is 0 Å². The second kappa shape index (κ2) is 3.04. The van der Waals surface area contributed by atoms with Crippen molar-refractivity contribution in [1.29, 1.82) is 0 Å². The predicted molar refractivity (Wildman–Crippen MR) is 55.5 cm³/mol. The van der Waals surface area contributed by atoms with E-state index < -0.39 is 0 Å². The Balaban J connectivity index is 2.59. The van der Waals surface area contributed by atoms with Gasteiger partial charge in [0.1, 0.15) is 0 Å². The van der Waals surface area contributed by atoms with Gasteiger partial charge in [-0.1, -0.05) is 13.0 Å². The fourth-order valence-corrected chi connectivity index (χ4v) is 2.24. The van der Waals surface area contributed by atoms with E-state index in [9.17, 15) is 0 Å². The van der Waals surface area contributed by atoms with Gasteiger partial charge in [-0.25, -0.2) is 0 Å². The van der Waals surface area contributed by atoms with Crippen LogP contribution in [0.3, 0.4) is 0 Å². The highest BCUT2D eigenvalue weighted by atomic mass is 14.7. The highest BCUT2D eigenvalue weighted by Crippen LogP contribution is 2.35. The Bertz CT molecular complexity index is 331. The van der Waals surface area contributed by atoms with Crippen LogP contribution in [0, 0.1) is 0 Å². The number of rotatable bonds is 1. The molecule has 1 aliphatic rings. The van der Waals surface area contributed by atoms with E-state index in [1.54, 1.807) is 0 Å². The van der Waals surface area contributed by atoms with Crippen LogP contribution in [0.2, 0.25) is 0 Å². The zero-order valence-corrected chi connectivity index (χ0v) is 8.01. The molecule has 0 fully saturated rings. The van der Waals surface area contributed by atoms with Crippen LogP contribution in [0.1, 0.15) is 36.1 Å². The minimum atomic E-state index is 0.168. The lowest BCUT2D eigenvalue weighted by molar-refractivity contribution is 0.714. The second-order valence-electron chi connectivity index (χ2n) is 3.70. The Morgan fingerprint density at radius 2 is 2.23 bits per heavy atom. The fourth-order valence-electron chi connectivity index (χ4n) is 2.24. The first-order valence-corrected chi connectivity index (χ1v) is 4.89. The number of anilines is 1. The van der Waals surface area contributed by atoms with E-state index in [1.807, 2.05) is 6.07 Å². The molecule has 0 aliphatic heterocycles. The van der Waals surface area contributed by atoms with Gasteiger partial charge in [0, 0.05) is 11.7 Å². The third kappa shape index (κ3) is 1.22. The standard InChI is InChI=1S/C11H16N2/c1-2-7-3-5-9(12)11-8(7)4-6-10(11)13/h3,5,10H,2,4,6,12-13H2,1H3/t10-/m1/s1. The zero-order chi connectivity index (χ0) is 9.42. The maximum Gasteiger partial charge on any atom is 0.0365 e. The second-order valence-corrected chi connectivity index (χ2v) is 3.70. The van der Waals surface area contributed by atoms with Crippen molar-refractivity contribution >= 4 is 5.69 Å². The fraction of sp³-hybridized carbons (Fsp3) is 0.455. The average Bonchev–Trinajstić information content (AvgIpc) is 2.50. The number of fused-ring (bicyclic) bond motifs is 1. The van der Waals surface area contributed by atoms with Gasteiger partial charge in [-0.05, 0) is 42.0 Å². The minimum Gasteiger partial charge on any atom is -0.398 e. The first kappa shape index (κ1) is 8.57. The van der Waals surface area contributed by atoms with E-state index in [4.69, 9.17) is 11.5 Å². The molecule has 0 radical (unpaired) electrons. The monoisotopic (exact) mass is 176 g/mol. The molecule has 1 aromatic rings. The summed E-state index contributed by atoms with van der Waals surface area (Å²) in [5, 5.41) is 0. The quantitative estimate of drug-likeness (QED) is 0.641. The Labute approximate surface area is 78.9 Å². The third-order valence-corrected chi connectivity index (χ3v) is 2.94. The molecule has 0 aromatic heterocycles. The van der Waals surface area contributed by atoms with Gasteiger partial charge < -0.3 is 11.5 Å². The van der Waals surface area contributed by atoms with E-state index in [1.165, 1.54) is 16.7 Å². The third-order valence-electron chi connectivity index (χ3n) is 2.94. The highest BCUT2D eigenvalue weighted by Gasteiger charge is 2.23. The van der Waals surface area contributed by atoms with Crippen LogP contribution in [-0.4, -0.2) is 0 Å². The molecule has 2 heteroatoms. The van der Waals surface area contributed by atoms with Crippen LogP contribution in [0.5, 0.6) is 0 Å². The summed E-state index contributed by atoms with van der Waals surface area (Å²) in [5.41, 5.74) is 16.8. The molecule has 0 saturated carbocycles. The van der Waals surface area contributed by atoms with Crippen LogP contribution in [0.4, 0.5) is 5.69 Å². The summed E-state index contributed by atoms with van der Waals surface area (Å²) in [7, 11) is 0. The molecule has 1 aromatic carbocycles. The average molecular weight is 176 g/mol. The molecular formula is C11H16N2. The maximum atomic E-state index is 5.99. The van der Waals surface area contributed by atoms with Crippen molar-refractivity contribution in [1.82, 2.24) is 0 Å². The van der Waals surface area contributed by atoms with Crippen molar-refractivity contribution in [2.24, 2.45) is 5.73 Å². The lowest BCUT2D eigenvalue weighted by atomic mass is 9.99.